The summed E-state index contributed by atoms with van der Waals surface area (Å²) in [5, 5.41) is 12.1. The van der Waals surface area contributed by atoms with E-state index in [0.29, 0.717) is 12.8 Å². The highest BCUT2D eigenvalue weighted by Crippen LogP contribution is 2.33. The SMILES string of the molecule is CCCO[C@H](C(=O)NO)[C@@H](CC1Cc2ccccc2C1)C(=O)N[C@H](C(=O)NOC)C(C)(C)C. The number of hydrogen-bond acceptors (Lipinski definition) is 6. The van der Waals surface area contributed by atoms with Crippen LogP contribution in [-0.4, -0.2) is 48.8 Å². The maximum Gasteiger partial charge on any atom is 0.273 e. The molecule has 0 heterocycles. The normalized spacial score (nSPS) is 16.4. The van der Waals surface area contributed by atoms with Crippen LogP contribution >= 0.6 is 0 Å². The molecule has 9 nitrogen and oxygen atoms in total. The smallest absolute Gasteiger partial charge is 0.273 e. The molecule has 0 aliphatic heterocycles. The molecule has 1 aliphatic carbocycles. The number of hydroxylamine groups is 2. The zero-order valence-corrected chi connectivity index (χ0v) is 20.1. The average Bonchev–Trinajstić information content (AvgIpc) is 3.18. The molecule has 4 N–H and O–H groups in total. The van der Waals surface area contributed by atoms with Crippen molar-refractivity contribution in [1.29, 1.82) is 0 Å². The second-order valence-electron chi connectivity index (χ2n) is 9.63. The molecule has 1 aromatic carbocycles. The van der Waals surface area contributed by atoms with E-state index in [-0.39, 0.29) is 12.5 Å². The predicted octanol–water partition coefficient (Wildman–Crippen LogP) is 1.92. The number of amides is 3. The molecule has 0 saturated carbocycles. The van der Waals surface area contributed by atoms with Gasteiger partial charge in [0, 0.05) is 6.61 Å². The Hall–Kier alpha value is -2.49. The first-order valence-corrected chi connectivity index (χ1v) is 11.4. The molecule has 1 aliphatic rings. The quantitative estimate of drug-likeness (QED) is 0.293. The molecule has 1 aromatic rings. The van der Waals surface area contributed by atoms with E-state index in [9.17, 15) is 19.6 Å². The number of ether oxygens (including phenoxy) is 1. The summed E-state index contributed by atoms with van der Waals surface area (Å²) in [6.45, 7) is 7.60. The van der Waals surface area contributed by atoms with Crippen molar-refractivity contribution in [1.82, 2.24) is 16.3 Å². The molecule has 0 unspecified atom stereocenters. The zero-order valence-electron chi connectivity index (χ0n) is 20.1. The molecule has 0 radical (unpaired) electrons. The van der Waals surface area contributed by atoms with Crippen LogP contribution in [0.15, 0.2) is 24.3 Å². The highest BCUT2D eigenvalue weighted by atomic mass is 16.6. The number of carbonyl (C=O) groups excluding carboxylic acids is 3. The van der Waals surface area contributed by atoms with E-state index in [0.717, 1.165) is 12.8 Å². The third-order valence-electron chi connectivity index (χ3n) is 5.91. The van der Waals surface area contributed by atoms with E-state index in [4.69, 9.17) is 9.57 Å². The van der Waals surface area contributed by atoms with Gasteiger partial charge in [-0.2, -0.15) is 0 Å². The molecule has 2 rings (SSSR count). The fraction of sp³-hybridized carbons (Fsp3) is 0.625. The van der Waals surface area contributed by atoms with E-state index in [1.807, 2.05) is 39.8 Å². The van der Waals surface area contributed by atoms with Crippen LogP contribution in [0.25, 0.3) is 0 Å². The van der Waals surface area contributed by atoms with Crippen molar-refractivity contribution < 1.29 is 29.2 Å². The van der Waals surface area contributed by atoms with Gasteiger partial charge < -0.3 is 10.1 Å². The van der Waals surface area contributed by atoms with E-state index < -0.39 is 41.2 Å². The highest BCUT2D eigenvalue weighted by molar-refractivity contribution is 5.92. The first-order chi connectivity index (χ1) is 15.6. The third kappa shape index (κ3) is 7.25. The Morgan fingerprint density at radius 3 is 2.18 bits per heavy atom. The first-order valence-electron chi connectivity index (χ1n) is 11.4. The topological polar surface area (TPSA) is 126 Å². The van der Waals surface area contributed by atoms with Crippen molar-refractivity contribution in [2.24, 2.45) is 17.3 Å². The summed E-state index contributed by atoms with van der Waals surface area (Å²) >= 11 is 0. The fourth-order valence-electron chi connectivity index (χ4n) is 4.31. The Morgan fingerprint density at radius 2 is 1.70 bits per heavy atom. The van der Waals surface area contributed by atoms with Crippen molar-refractivity contribution in [2.75, 3.05) is 13.7 Å². The number of hydrogen-bond donors (Lipinski definition) is 4. The van der Waals surface area contributed by atoms with Gasteiger partial charge in [-0.1, -0.05) is 52.0 Å². The van der Waals surface area contributed by atoms with Crippen LogP contribution in [0.5, 0.6) is 0 Å². The van der Waals surface area contributed by atoms with Crippen molar-refractivity contribution in [3.63, 3.8) is 0 Å². The van der Waals surface area contributed by atoms with E-state index in [1.54, 1.807) is 5.48 Å². The minimum atomic E-state index is -1.19. The molecule has 184 valence electrons. The Labute approximate surface area is 195 Å². The maximum absolute atomic E-state index is 13.5. The van der Waals surface area contributed by atoms with Gasteiger partial charge in [-0.15, -0.1) is 0 Å². The molecule has 9 heteroatoms. The number of fused-ring (bicyclic) bond motifs is 1. The van der Waals surface area contributed by atoms with Gasteiger partial charge in [-0.25, -0.2) is 11.0 Å². The van der Waals surface area contributed by atoms with Gasteiger partial charge in [0.25, 0.3) is 11.8 Å². The van der Waals surface area contributed by atoms with Gasteiger partial charge in [0.1, 0.15) is 12.1 Å². The molecule has 0 saturated heterocycles. The number of benzene rings is 1. The molecule has 0 aromatic heterocycles. The largest absolute Gasteiger partial charge is 0.367 e. The molecule has 3 amide bonds. The van der Waals surface area contributed by atoms with Gasteiger partial charge in [-0.05, 0) is 48.1 Å². The van der Waals surface area contributed by atoms with Crippen LogP contribution in [0.3, 0.4) is 0 Å². The summed E-state index contributed by atoms with van der Waals surface area (Å²) in [6.07, 6.45) is 1.39. The summed E-state index contributed by atoms with van der Waals surface area (Å²) < 4.78 is 5.73. The van der Waals surface area contributed by atoms with Crippen LogP contribution in [-0.2, 0) is 36.8 Å². The van der Waals surface area contributed by atoms with Crippen LogP contribution in [0, 0.1) is 17.3 Å². The van der Waals surface area contributed by atoms with Gasteiger partial charge in [-0.3, -0.25) is 24.4 Å². The lowest BCUT2D eigenvalue weighted by Crippen LogP contribution is -2.57. The monoisotopic (exact) mass is 463 g/mol. The summed E-state index contributed by atoms with van der Waals surface area (Å²) in [5.74, 6) is -2.54. The summed E-state index contributed by atoms with van der Waals surface area (Å²) in [5.41, 5.74) is 5.75. The average molecular weight is 464 g/mol. The second kappa shape index (κ2) is 12.1. The van der Waals surface area contributed by atoms with E-state index in [1.165, 1.54) is 18.2 Å². The predicted molar refractivity (Wildman–Crippen MR) is 122 cm³/mol. The van der Waals surface area contributed by atoms with E-state index >= 15 is 0 Å². The lowest BCUT2D eigenvalue weighted by molar-refractivity contribution is -0.152. The zero-order chi connectivity index (χ0) is 24.6. The molecule has 0 spiro atoms. The van der Waals surface area contributed by atoms with E-state index in [2.05, 4.69) is 22.9 Å². The lowest BCUT2D eigenvalue weighted by Gasteiger charge is -2.33. The number of carbonyl (C=O) groups is 3. The Kier molecular flexibility index (Phi) is 9.82. The van der Waals surface area contributed by atoms with Gasteiger partial charge in [0.2, 0.25) is 5.91 Å². The summed E-state index contributed by atoms with van der Waals surface area (Å²) in [4.78, 5) is 43.4. The first kappa shape index (κ1) is 26.8. The molecular formula is C24H37N3O6. The van der Waals surface area contributed by atoms with Crippen LogP contribution in [0.4, 0.5) is 0 Å². The number of nitrogens with one attached hydrogen (secondary N) is 3. The standard InChI is InChI=1S/C24H37N3O6/c1-6-11-33-19(22(29)26-31)18(14-15-12-16-9-7-8-10-17(16)13-15)21(28)25-20(24(2,3)4)23(30)27-32-5/h7-10,15,18-20,31H,6,11-14H2,1-5H3,(H,25,28)(H,26,29)(H,27,30)/t18-,19+,20-/m1/s1. The lowest BCUT2D eigenvalue weighted by atomic mass is 9.84. The fourth-order valence-corrected chi connectivity index (χ4v) is 4.31. The van der Waals surface area contributed by atoms with Crippen LogP contribution in [0.2, 0.25) is 0 Å². The Morgan fingerprint density at radius 1 is 1.09 bits per heavy atom. The van der Waals surface area contributed by atoms with Crippen molar-refractivity contribution >= 4 is 17.7 Å². The Balaban J connectivity index is 2.30. The van der Waals surface area contributed by atoms with Crippen molar-refractivity contribution in [2.45, 2.75) is 65.5 Å². The molecule has 33 heavy (non-hydrogen) atoms. The minimum Gasteiger partial charge on any atom is -0.367 e. The third-order valence-corrected chi connectivity index (χ3v) is 5.91. The number of rotatable bonds is 11. The molecule has 0 bridgehead atoms. The molecule has 3 atom stereocenters. The van der Waals surface area contributed by atoms with Crippen LogP contribution in [0.1, 0.15) is 51.7 Å². The molecular weight excluding hydrogens is 426 g/mol. The van der Waals surface area contributed by atoms with Crippen LogP contribution < -0.4 is 16.3 Å². The summed E-state index contributed by atoms with van der Waals surface area (Å²) in [6, 6.07) is 7.21. The Bertz CT molecular complexity index is 798. The maximum atomic E-state index is 13.5. The van der Waals surface area contributed by atoms with Crippen molar-refractivity contribution in [3.05, 3.63) is 35.4 Å². The molecule has 0 fully saturated rings. The van der Waals surface area contributed by atoms with Crippen molar-refractivity contribution in [3.8, 4) is 0 Å². The van der Waals surface area contributed by atoms with Gasteiger partial charge in [0.05, 0.1) is 13.0 Å². The second-order valence-corrected chi connectivity index (χ2v) is 9.63. The van der Waals surface area contributed by atoms with Gasteiger partial charge in [0.15, 0.2) is 0 Å². The highest BCUT2D eigenvalue weighted by Gasteiger charge is 2.41. The minimum absolute atomic E-state index is 0.123. The van der Waals surface area contributed by atoms with Gasteiger partial charge >= 0.3 is 0 Å². The summed E-state index contributed by atoms with van der Waals surface area (Å²) in [7, 11) is 1.32.